The minimum Gasteiger partial charge on any atom is -0.380 e. The quantitative estimate of drug-likeness (QED) is 0.788. The molecule has 3 aromatic rings. The minimum atomic E-state index is 0.561. The van der Waals surface area contributed by atoms with Crippen molar-refractivity contribution in [1.29, 1.82) is 0 Å². The first-order chi connectivity index (χ1) is 10.3. The SMILES string of the molecule is COCc1ccccc1Nc1ncnc2c(C)cccc12. The molecule has 0 unspecified atom stereocenters. The number of nitrogens with one attached hydrogen (secondary N) is 1. The van der Waals surface area contributed by atoms with Gasteiger partial charge in [-0.2, -0.15) is 0 Å². The highest BCUT2D eigenvalue weighted by Gasteiger charge is 2.07. The van der Waals surface area contributed by atoms with Gasteiger partial charge in [0, 0.05) is 23.7 Å². The van der Waals surface area contributed by atoms with Gasteiger partial charge in [-0.05, 0) is 24.6 Å². The molecule has 0 aliphatic carbocycles. The first kappa shape index (κ1) is 13.5. The van der Waals surface area contributed by atoms with E-state index in [1.807, 2.05) is 36.4 Å². The fraction of sp³-hybridized carbons (Fsp3) is 0.176. The van der Waals surface area contributed by atoms with Gasteiger partial charge >= 0.3 is 0 Å². The van der Waals surface area contributed by atoms with Gasteiger partial charge < -0.3 is 10.1 Å². The van der Waals surface area contributed by atoms with Gasteiger partial charge in [-0.25, -0.2) is 9.97 Å². The van der Waals surface area contributed by atoms with Gasteiger partial charge in [0.1, 0.15) is 12.1 Å². The van der Waals surface area contributed by atoms with Crippen molar-refractivity contribution in [2.75, 3.05) is 12.4 Å². The molecule has 0 amide bonds. The third-order valence-electron chi connectivity index (χ3n) is 3.44. The summed E-state index contributed by atoms with van der Waals surface area (Å²) < 4.78 is 5.24. The van der Waals surface area contributed by atoms with E-state index in [-0.39, 0.29) is 0 Å². The molecule has 0 fully saturated rings. The number of benzene rings is 2. The normalized spacial score (nSPS) is 10.8. The van der Waals surface area contributed by atoms with Crippen molar-refractivity contribution >= 4 is 22.4 Å². The predicted octanol–water partition coefficient (Wildman–Crippen LogP) is 3.83. The molecule has 0 saturated carbocycles. The summed E-state index contributed by atoms with van der Waals surface area (Å²) in [6, 6.07) is 14.2. The van der Waals surface area contributed by atoms with Gasteiger partial charge in [-0.1, -0.05) is 30.3 Å². The van der Waals surface area contributed by atoms with Gasteiger partial charge in [0.2, 0.25) is 0 Å². The molecule has 1 N–H and O–H groups in total. The summed E-state index contributed by atoms with van der Waals surface area (Å²) in [5.41, 5.74) is 4.21. The first-order valence-electron chi connectivity index (χ1n) is 6.84. The Kier molecular flexibility index (Phi) is 3.79. The number of aryl methyl sites for hydroxylation is 1. The lowest BCUT2D eigenvalue weighted by molar-refractivity contribution is 0.185. The summed E-state index contributed by atoms with van der Waals surface area (Å²) in [6.07, 6.45) is 1.59. The molecule has 3 rings (SSSR count). The van der Waals surface area contributed by atoms with E-state index in [4.69, 9.17) is 4.74 Å². The van der Waals surface area contributed by atoms with E-state index in [9.17, 15) is 0 Å². The second-order valence-electron chi connectivity index (χ2n) is 4.91. The van der Waals surface area contributed by atoms with Gasteiger partial charge in [0.25, 0.3) is 0 Å². The maximum Gasteiger partial charge on any atom is 0.141 e. The predicted molar refractivity (Wildman–Crippen MR) is 84.7 cm³/mol. The van der Waals surface area contributed by atoms with Crippen LogP contribution in [-0.2, 0) is 11.3 Å². The Morgan fingerprint density at radius 3 is 2.76 bits per heavy atom. The average Bonchev–Trinajstić information content (AvgIpc) is 2.51. The largest absolute Gasteiger partial charge is 0.380 e. The summed E-state index contributed by atoms with van der Waals surface area (Å²) in [7, 11) is 1.69. The summed E-state index contributed by atoms with van der Waals surface area (Å²) in [4.78, 5) is 8.75. The van der Waals surface area contributed by atoms with Crippen LogP contribution in [0.2, 0.25) is 0 Å². The highest BCUT2D eigenvalue weighted by molar-refractivity contribution is 5.92. The zero-order valence-corrected chi connectivity index (χ0v) is 12.1. The van der Waals surface area contributed by atoms with Crippen molar-refractivity contribution in [1.82, 2.24) is 9.97 Å². The van der Waals surface area contributed by atoms with Crippen LogP contribution < -0.4 is 5.32 Å². The molecule has 4 nitrogen and oxygen atoms in total. The molecule has 0 saturated heterocycles. The molecule has 0 aliphatic heterocycles. The molecular formula is C17H17N3O. The Hall–Kier alpha value is -2.46. The number of nitrogens with zero attached hydrogens (tertiary/aromatic N) is 2. The average molecular weight is 279 g/mol. The van der Waals surface area contributed by atoms with Gasteiger partial charge in [-0.15, -0.1) is 0 Å². The lowest BCUT2D eigenvalue weighted by Crippen LogP contribution is -2.00. The minimum absolute atomic E-state index is 0.561. The van der Waals surface area contributed by atoms with Crippen LogP contribution in [0.5, 0.6) is 0 Å². The topological polar surface area (TPSA) is 47.0 Å². The third-order valence-corrected chi connectivity index (χ3v) is 3.44. The van der Waals surface area contributed by atoms with E-state index in [1.54, 1.807) is 13.4 Å². The van der Waals surface area contributed by atoms with Crippen LogP contribution in [-0.4, -0.2) is 17.1 Å². The number of ether oxygens (including phenoxy) is 1. The van der Waals surface area contributed by atoms with Crippen LogP contribution in [0.15, 0.2) is 48.8 Å². The standard InChI is InChI=1S/C17H17N3O/c1-12-6-5-8-14-16(12)18-11-19-17(14)20-15-9-4-3-7-13(15)10-21-2/h3-9,11H,10H2,1-2H3,(H,18,19,20). The van der Waals surface area contributed by atoms with Crippen LogP contribution in [0.3, 0.4) is 0 Å². The number of hydrogen-bond acceptors (Lipinski definition) is 4. The molecule has 21 heavy (non-hydrogen) atoms. The van der Waals surface area contributed by atoms with Crippen molar-refractivity contribution < 1.29 is 4.74 Å². The van der Waals surface area contributed by atoms with E-state index >= 15 is 0 Å². The second kappa shape index (κ2) is 5.89. The molecule has 0 radical (unpaired) electrons. The van der Waals surface area contributed by atoms with E-state index in [0.29, 0.717) is 6.61 Å². The molecule has 1 aromatic heterocycles. The number of fused-ring (bicyclic) bond motifs is 1. The van der Waals surface area contributed by atoms with Crippen molar-refractivity contribution in [3.8, 4) is 0 Å². The molecule has 0 atom stereocenters. The molecule has 1 heterocycles. The summed E-state index contributed by atoms with van der Waals surface area (Å²) in [5.74, 6) is 0.812. The smallest absolute Gasteiger partial charge is 0.141 e. The molecule has 0 aliphatic rings. The second-order valence-corrected chi connectivity index (χ2v) is 4.91. The van der Waals surface area contributed by atoms with Crippen LogP contribution in [0.25, 0.3) is 10.9 Å². The lowest BCUT2D eigenvalue weighted by Gasteiger charge is -2.12. The monoisotopic (exact) mass is 279 g/mol. The number of aromatic nitrogens is 2. The zero-order valence-electron chi connectivity index (χ0n) is 12.1. The molecule has 0 bridgehead atoms. The Balaban J connectivity index is 2.05. The maximum atomic E-state index is 5.24. The lowest BCUT2D eigenvalue weighted by atomic mass is 10.1. The summed E-state index contributed by atoms with van der Waals surface area (Å²) in [5, 5.41) is 4.41. The fourth-order valence-corrected chi connectivity index (χ4v) is 2.39. The van der Waals surface area contributed by atoms with Gasteiger partial charge in [0.05, 0.1) is 12.1 Å². The number of anilines is 2. The summed E-state index contributed by atoms with van der Waals surface area (Å²) in [6.45, 7) is 2.61. The van der Waals surface area contributed by atoms with Crippen molar-refractivity contribution in [2.45, 2.75) is 13.5 Å². The Morgan fingerprint density at radius 2 is 1.90 bits per heavy atom. The van der Waals surface area contributed by atoms with Crippen molar-refractivity contribution in [3.05, 3.63) is 59.9 Å². The molecule has 0 spiro atoms. The number of methoxy groups -OCH3 is 1. The Morgan fingerprint density at radius 1 is 1.05 bits per heavy atom. The van der Waals surface area contributed by atoms with E-state index in [2.05, 4.69) is 28.3 Å². The third kappa shape index (κ3) is 2.71. The number of para-hydroxylation sites is 2. The molecule has 4 heteroatoms. The maximum absolute atomic E-state index is 5.24. The highest BCUT2D eigenvalue weighted by Crippen LogP contribution is 2.26. The van der Waals surface area contributed by atoms with Crippen LogP contribution in [0.4, 0.5) is 11.5 Å². The first-order valence-corrected chi connectivity index (χ1v) is 6.84. The van der Waals surface area contributed by atoms with Crippen LogP contribution in [0.1, 0.15) is 11.1 Å². The van der Waals surface area contributed by atoms with Gasteiger partial charge in [-0.3, -0.25) is 0 Å². The number of rotatable bonds is 4. The highest BCUT2D eigenvalue weighted by atomic mass is 16.5. The zero-order chi connectivity index (χ0) is 14.7. The Labute approximate surface area is 123 Å². The Bertz CT molecular complexity index is 771. The van der Waals surface area contributed by atoms with Crippen LogP contribution in [0, 0.1) is 6.92 Å². The fourth-order valence-electron chi connectivity index (χ4n) is 2.39. The van der Waals surface area contributed by atoms with E-state index < -0.39 is 0 Å². The number of hydrogen-bond donors (Lipinski definition) is 1. The molecule has 2 aromatic carbocycles. The van der Waals surface area contributed by atoms with Gasteiger partial charge in [0.15, 0.2) is 0 Å². The van der Waals surface area contributed by atoms with Crippen molar-refractivity contribution in [3.63, 3.8) is 0 Å². The van der Waals surface area contributed by atoms with E-state index in [0.717, 1.165) is 33.5 Å². The van der Waals surface area contributed by atoms with E-state index in [1.165, 1.54) is 0 Å². The van der Waals surface area contributed by atoms with Crippen LogP contribution >= 0.6 is 0 Å². The van der Waals surface area contributed by atoms with Crippen molar-refractivity contribution in [2.24, 2.45) is 0 Å². The molecular weight excluding hydrogens is 262 g/mol. The summed E-state index contributed by atoms with van der Waals surface area (Å²) >= 11 is 0. The molecule has 106 valence electrons.